The third-order valence-corrected chi connectivity index (χ3v) is 5.47. The van der Waals surface area contributed by atoms with Crippen molar-refractivity contribution in [1.82, 2.24) is 10.2 Å². The topological polar surface area (TPSA) is 69.6 Å². The van der Waals surface area contributed by atoms with Crippen LogP contribution in [0.4, 0.5) is 0 Å². The first-order valence-corrected chi connectivity index (χ1v) is 10.9. The van der Waals surface area contributed by atoms with Crippen LogP contribution in [0.1, 0.15) is 35.4 Å². The molecule has 3 rings (SSSR count). The Kier molecular flexibility index (Phi) is 8.58. The number of carboxylic acids is 1. The SMILES string of the molecule is CN(CCC[C@@H](NC(=O)C(c1ccccc1)c1ccccc1)C(=O)O)Cc1ccccc1. The molecule has 0 spiro atoms. The molecule has 3 aromatic carbocycles. The van der Waals surface area contributed by atoms with Crippen LogP contribution >= 0.6 is 0 Å². The highest BCUT2D eigenvalue weighted by Crippen LogP contribution is 2.25. The maximum absolute atomic E-state index is 13.2. The van der Waals surface area contributed by atoms with E-state index in [1.165, 1.54) is 5.56 Å². The van der Waals surface area contributed by atoms with E-state index in [9.17, 15) is 14.7 Å². The second kappa shape index (κ2) is 11.8. The highest BCUT2D eigenvalue weighted by molar-refractivity contribution is 5.90. The molecule has 2 N–H and O–H groups in total. The summed E-state index contributed by atoms with van der Waals surface area (Å²) in [5, 5.41) is 12.5. The van der Waals surface area contributed by atoms with Crippen LogP contribution in [-0.2, 0) is 16.1 Å². The zero-order valence-corrected chi connectivity index (χ0v) is 18.4. The fourth-order valence-corrected chi connectivity index (χ4v) is 3.84. The van der Waals surface area contributed by atoms with Crippen molar-refractivity contribution >= 4 is 11.9 Å². The standard InChI is InChI=1S/C27H30N2O3/c1-29(20-21-12-5-2-6-13-21)19-11-18-24(27(31)32)28-26(30)25(22-14-7-3-8-15-22)23-16-9-4-10-17-23/h2-10,12-17,24-25H,11,18-20H2,1H3,(H,28,30)(H,31,32)/t24-/m1/s1. The van der Waals surface area contributed by atoms with Crippen molar-refractivity contribution in [3.8, 4) is 0 Å². The summed E-state index contributed by atoms with van der Waals surface area (Å²) in [5.41, 5.74) is 2.89. The van der Waals surface area contributed by atoms with Gasteiger partial charge in [0.05, 0.1) is 5.92 Å². The van der Waals surface area contributed by atoms with Gasteiger partial charge in [0, 0.05) is 6.54 Å². The van der Waals surface area contributed by atoms with Gasteiger partial charge in [-0.1, -0.05) is 91.0 Å². The lowest BCUT2D eigenvalue weighted by Gasteiger charge is -2.22. The average molecular weight is 431 g/mol. The summed E-state index contributed by atoms with van der Waals surface area (Å²) < 4.78 is 0. The molecule has 5 heteroatoms. The predicted molar refractivity (Wildman–Crippen MR) is 126 cm³/mol. The number of rotatable bonds is 11. The molecule has 1 atom stereocenters. The van der Waals surface area contributed by atoms with Crippen LogP contribution in [-0.4, -0.2) is 41.5 Å². The van der Waals surface area contributed by atoms with E-state index in [0.717, 1.165) is 24.2 Å². The first-order chi connectivity index (χ1) is 15.5. The van der Waals surface area contributed by atoms with Gasteiger partial charge >= 0.3 is 5.97 Å². The van der Waals surface area contributed by atoms with E-state index in [0.29, 0.717) is 12.8 Å². The Hall–Kier alpha value is -3.44. The van der Waals surface area contributed by atoms with Gasteiger partial charge in [-0.2, -0.15) is 0 Å². The minimum absolute atomic E-state index is 0.299. The van der Waals surface area contributed by atoms with E-state index in [1.54, 1.807) is 0 Å². The van der Waals surface area contributed by atoms with E-state index in [4.69, 9.17) is 0 Å². The number of carbonyl (C=O) groups is 2. The first kappa shape index (κ1) is 23.2. The molecule has 0 fully saturated rings. The van der Waals surface area contributed by atoms with Gasteiger partial charge in [0.2, 0.25) is 5.91 Å². The van der Waals surface area contributed by atoms with Crippen molar-refractivity contribution in [2.45, 2.75) is 31.3 Å². The lowest BCUT2D eigenvalue weighted by atomic mass is 9.90. The molecule has 3 aromatic rings. The highest BCUT2D eigenvalue weighted by atomic mass is 16.4. The van der Waals surface area contributed by atoms with E-state index in [-0.39, 0.29) is 5.91 Å². The fraction of sp³-hybridized carbons (Fsp3) is 0.259. The quantitative estimate of drug-likeness (QED) is 0.476. The molecule has 0 unspecified atom stereocenters. The zero-order valence-electron chi connectivity index (χ0n) is 18.4. The molecule has 0 aliphatic heterocycles. The molecular formula is C27H30N2O3. The van der Waals surface area contributed by atoms with Crippen LogP contribution in [0, 0.1) is 0 Å². The van der Waals surface area contributed by atoms with Crippen LogP contribution < -0.4 is 5.32 Å². The molecule has 0 radical (unpaired) electrons. The van der Waals surface area contributed by atoms with E-state index >= 15 is 0 Å². The monoisotopic (exact) mass is 430 g/mol. The Morgan fingerprint density at radius 2 is 1.34 bits per heavy atom. The Bertz CT molecular complexity index is 938. The number of benzene rings is 3. The number of nitrogens with zero attached hydrogens (tertiary/aromatic N) is 1. The fourth-order valence-electron chi connectivity index (χ4n) is 3.84. The molecule has 5 nitrogen and oxygen atoms in total. The van der Waals surface area contributed by atoms with Crippen molar-refractivity contribution in [1.29, 1.82) is 0 Å². The van der Waals surface area contributed by atoms with Gasteiger partial charge in [0.1, 0.15) is 6.04 Å². The predicted octanol–water partition coefficient (Wildman–Crippen LogP) is 4.30. The summed E-state index contributed by atoms with van der Waals surface area (Å²) in [4.78, 5) is 27.2. The Balaban J connectivity index is 1.62. The first-order valence-electron chi connectivity index (χ1n) is 10.9. The minimum Gasteiger partial charge on any atom is -0.480 e. The lowest BCUT2D eigenvalue weighted by molar-refractivity contribution is -0.142. The van der Waals surface area contributed by atoms with Gasteiger partial charge in [-0.15, -0.1) is 0 Å². The molecule has 166 valence electrons. The Labute approximate surface area is 189 Å². The van der Waals surface area contributed by atoms with Gasteiger partial charge in [0.15, 0.2) is 0 Å². The normalized spacial score (nSPS) is 12.0. The molecule has 0 heterocycles. The van der Waals surface area contributed by atoms with Crippen molar-refractivity contribution < 1.29 is 14.7 Å². The number of amides is 1. The Morgan fingerprint density at radius 1 is 0.844 bits per heavy atom. The van der Waals surface area contributed by atoms with Crippen LogP contribution in [0.2, 0.25) is 0 Å². The summed E-state index contributed by atoms with van der Waals surface area (Å²) in [5.74, 6) is -1.86. The minimum atomic E-state index is -1.01. The second-order valence-corrected chi connectivity index (χ2v) is 8.02. The largest absolute Gasteiger partial charge is 0.480 e. The van der Waals surface area contributed by atoms with Crippen LogP contribution in [0.15, 0.2) is 91.0 Å². The molecule has 0 saturated heterocycles. The van der Waals surface area contributed by atoms with E-state index < -0.39 is 17.9 Å². The summed E-state index contributed by atoms with van der Waals surface area (Å²) in [7, 11) is 2.02. The third kappa shape index (κ3) is 6.79. The maximum Gasteiger partial charge on any atom is 0.326 e. The van der Waals surface area contributed by atoms with Gasteiger partial charge in [-0.3, -0.25) is 4.79 Å². The van der Waals surface area contributed by atoms with Gasteiger partial charge in [-0.25, -0.2) is 4.79 Å². The van der Waals surface area contributed by atoms with Crippen molar-refractivity contribution in [2.75, 3.05) is 13.6 Å². The maximum atomic E-state index is 13.2. The number of aliphatic carboxylic acids is 1. The number of nitrogens with one attached hydrogen (secondary N) is 1. The number of hydrogen-bond acceptors (Lipinski definition) is 3. The molecule has 0 bridgehead atoms. The number of carbonyl (C=O) groups excluding carboxylic acids is 1. The van der Waals surface area contributed by atoms with Gasteiger partial charge in [-0.05, 0) is 43.1 Å². The van der Waals surface area contributed by atoms with Crippen molar-refractivity contribution in [2.24, 2.45) is 0 Å². The summed E-state index contributed by atoms with van der Waals surface area (Å²) in [6.07, 6.45) is 1.04. The molecule has 0 aromatic heterocycles. The average Bonchev–Trinajstić information content (AvgIpc) is 2.80. The number of hydrogen-bond donors (Lipinski definition) is 2. The molecule has 0 saturated carbocycles. The smallest absolute Gasteiger partial charge is 0.326 e. The number of carboxylic acid groups (broad SMARTS) is 1. The lowest BCUT2D eigenvalue weighted by Crippen LogP contribution is -2.43. The molecule has 1 amide bonds. The van der Waals surface area contributed by atoms with Crippen LogP contribution in [0.5, 0.6) is 0 Å². The molecule has 0 aliphatic carbocycles. The highest BCUT2D eigenvalue weighted by Gasteiger charge is 2.27. The van der Waals surface area contributed by atoms with Gasteiger partial charge < -0.3 is 15.3 Å². The third-order valence-electron chi connectivity index (χ3n) is 5.47. The summed E-state index contributed by atoms with van der Waals surface area (Å²) in [6, 6.07) is 28.1. The van der Waals surface area contributed by atoms with Crippen LogP contribution in [0.3, 0.4) is 0 Å². The summed E-state index contributed by atoms with van der Waals surface area (Å²) >= 11 is 0. The van der Waals surface area contributed by atoms with Crippen molar-refractivity contribution in [3.05, 3.63) is 108 Å². The zero-order chi connectivity index (χ0) is 22.8. The van der Waals surface area contributed by atoms with E-state index in [2.05, 4.69) is 22.3 Å². The van der Waals surface area contributed by atoms with Crippen LogP contribution in [0.25, 0.3) is 0 Å². The van der Waals surface area contributed by atoms with Gasteiger partial charge in [0.25, 0.3) is 0 Å². The molecular weight excluding hydrogens is 400 g/mol. The van der Waals surface area contributed by atoms with E-state index in [1.807, 2.05) is 85.9 Å². The molecule has 32 heavy (non-hydrogen) atoms. The Morgan fingerprint density at radius 3 is 1.84 bits per heavy atom. The second-order valence-electron chi connectivity index (χ2n) is 8.02. The van der Waals surface area contributed by atoms with Crippen molar-refractivity contribution in [3.63, 3.8) is 0 Å². The summed E-state index contributed by atoms with van der Waals surface area (Å²) in [6.45, 7) is 1.55. The molecule has 0 aliphatic rings.